The van der Waals surface area contributed by atoms with Crippen LogP contribution in [0.1, 0.15) is 35.7 Å². The van der Waals surface area contributed by atoms with E-state index in [4.69, 9.17) is 18.9 Å². The Morgan fingerprint density at radius 3 is 2.33 bits per heavy atom. The summed E-state index contributed by atoms with van der Waals surface area (Å²) in [5.41, 5.74) is 0.291. The van der Waals surface area contributed by atoms with Gasteiger partial charge in [0.15, 0.2) is 17.3 Å². The van der Waals surface area contributed by atoms with Crippen molar-refractivity contribution < 1.29 is 36.5 Å². The Bertz CT molecular complexity index is 1560. The molecule has 10 nitrogen and oxygen atoms in total. The molecule has 1 aliphatic carbocycles. The van der Waals surface area contributed by atoms with Crippen molar-refractivity contribution in [2.75, 3.05) is 21.3 Å². The number of aromatic nitrogens is 6. The second-order valence-electron chi connectivity index (χ2n) is 8.98. The van der Waals surface area contributed by atoms with Gasteiger partial charge in [-0.2, -0.15) is 18.2 Å². The highest BCUT2D eigenvalue weighted by Gasteiger charge is 2.35. The molecule has 1 aromatic carbocycles. The van der Waals surface area contributed by atoms with E-state index < -0.39 is 17.7 Å². The lowest BCUT2D eigenvalue weighted by atomic mass is 10.1. The van der Waals surface area contributed by atoms with E-state index in [9.17, 15) is 13.2 Å². The van der Waals surface area contributed by atoms with Crippen LogP contribution >= 0.6 is 0 Å². The smallest absolute Gasteiger partial charge is 0.434 e. The summed E-state index contributed by atoms with van der Waals surface area (Å²) < 4.78 is 77.7. The molecule has 0 saturated heterocycles. The lowest BCUT2D eigenvalue weighted by molar-refractivity contribution is -0.140. The summed E-state index contributed by atoms with van der Waals surface area (Å²) in [6.07, 6.45) is 0.929. The molecular formula is C26H24F4N6O4. The zero-order chi connectivity index (χ0) is 28.6. The fourth-order valence-corrected chi connectivity index (χ4v) is 4.20. The number of halogens is 4. The summed E-state index contributed by atoms with van der Waals surface area (Å²) >= 11 is 0. The monoisotopic (exact) mass is 560 g/mol. The number of ether oxygens (including phenoxy) is 4. The Hall–Kier alpha value is -4.49. The molecule has 3 heterocycles. The summed E-state index contributed by atoms with van der Waals surface area (Å²) in [5, 5.41) is 0. The van der Waals surface area contributed by atoms with Crippen LogP contribution in [0.15, 0.2) is 30.9 Å². The third kappa shape index (κ3) is 5.20. The molecule has 0 radical (unpaired) electrons. The largest absolute Gasteiger partial charge is 0.496 e. The Kier molecular flexibility index (Phi) is 7.17. The molecule has 40 heavy (non-hydrogen) atoms. The van der Waals surface area contributed by atoms with Gasteiger partial charge >= 0.3 is 6.18 Å². The first-order chi connectivity index (χ1) is 19.1. The number of methoxy groups -OCH3 is 3. The third-order valence-electron chi connectivity index (χ3n) is 6.31. The zero-order valence-corrected chi connectivity index (χ0v) is 21.9. The van der Waals surface area contributed by atoms with Crippen molar-refractivity contribution in [3.05, 3.63) is 53.6 Å². The number of benzene rings is 1. The Morgan fingerprint density at radius 2 is 1.70 bits per heavy atom. The van der Waals surface area contributed by atoms with E-state index in [1.165, 1.54) is 47.0 Å². The molecular weight excluding hydrogens is 536 g/mol. The van der Waals surface area contributed by atoms with E-state index in [0.717, 1.165) is 35.4 Å². The van der Waals surface area contributed by atoms with Crippen molar-refractivity contribution in [3.8, 4) is 46.0 Å². The van der Waals surface area contributed by atoms with E-state index in [1.54, 1.807) is 0 Å². The maximum absolute atomic E-state index is 15.2. The predicted molar refractivity (Wildman–Crippen MR) is 133 cm³/mol. The van der Waals surface area contributed by atoms with Gasteiger partial charge in [-0.05, 0) is 25.0 Å². The minimum atomic E-state index is -4.67. The molecule has 0 amide bonds. The van der Waals surface area contributed by atoms with Crippen molar-refractivity contribution >= 4 is 0 Å². The van der Waals surface area contributed by atoms with Crippen LogP contribution in [0.25, 0.3) is 22.8 Å². The van der Waals surface area contributed by atoms with E-state index in [-0.39, 0.29) is 52.7 Å². The van der Waals surface area contributed by atoms with Gasteiger partial charge in [0.1, 0.15) is 35.9 Å². The molecule has 210 valence electrons. The van der Waals surface area contributed by atoms with Crippen molar-refractivity contribution in [2.45, 2.75) is 31.5 Å². The van der Waals surface area contributed by atoms with Crippen molar-refractivity contribution in [3.63, 3.8) is 0 Å². The molecule has 4 aromatic rings. The molecule has 1 saturated carbocycles. The van der Waals surface area contributed by atoms with Crippen LogP contribution in [0, 0.1) is 5.82 Å². The van der Waals surface area contributed by atoms with Gasteiger partial charge in [0, 0.05) is 24.7 Å². The fourth-order valence-electron chi connectivity index (χ4n) is 4.20. The fraction of sp³-hybridized carbons (Fsp3) is 0.346. The lowest BCUT2D eigenvalue weighted by Crippen LogP contribution is -2.07. The van der Waals surface area contributed by atoms with Crippen molar-refractivity contribution in [2.24, 2.45) is 7.05 Å². The normalized spacial score (nSPS) is 13.3. The van der Waals surface area contributed by atoms with Gasteiger partial charge in [0.2, 0.25) is 5.88 Å². The lowest BCUT2D eigenvalue weighted by Gasteiger charge is -2.15. The standard InChI is InChI=1S/C26H24F4N6O4/c1-36-10-19(26(28,29)30)34-23(36)15-8-17(37-2)14(7-16(15)27)11-40-24-18(38-3)9-31-22(35-24)20-21(13-5-6-13)32-12-33-25(20)39-4/h7-10,12-13H,5-6,11H2,1-4H3. The molecule has 0 bridgehead atoms. The maximum Gasteiger partial charge on any atom is 0.434 e. The number of alkyl halides is 3. The number of hydrogen-bond donors (Lipinski definition) is 0. The predicted octanol–water partition coefficient (Wildman–Crippen LogP) is 4.97. The highest BCUT2D eigenvalue weighted by atomic mass is 19.4. The van der Waals surface area contributed by atoms with E-state index in [1.807, 2.05) is 0 Å². The van der Waals surface area contributed by atoms with Crippen LogP contribution in [0.4, 0.5) is 17.6 Å². The average molecular weight is 561 g/mol. The summed E-state index contributed by atoms with van der Waals surface area (Å²) in [4.78, 5) is 21.1. The van der Waals surface area contributed by atoms with Crippen molar-refractivity contribution in [1.29, 1.82) is 0 Å². The summed E-state index contributed by atoms with van der Waals surface area (Å²) in [6, 6.07) is 2.39. The van der Waals surface area contributed by atoms with Crippen LogP contribution in [-0.4, -0.2) is 50.8 Å². The Balaban J connectivity index is 1.47. The first-order valence-corrected chi connectivity index (χ1v) is 12.0. The number of imidazole rings is 1. The molecule has 0 unspecified atom stereocenters. The number of aryl methyl sites for hydroxylation is 1. The molecule has 0 atom stereocenters. The van der Waals surface area contributed by atoms with Gasteiger partial charge in [-0.1, -0.05) is 0 Å². The average Bonchev–Trinajstić information content (AvgIpc) is 3.71. The van der Waals surface area contributed by atoms with Crippen LogP contribution in [0.2, 0.25) is 0 Å². The zero-order valence-electron chi connectivity index (χ0n) is 21.9. The number of hydrogen-bond acceptors (Lipinski definition) is 9. The third-order valence-corrected chi connectivity index (χ3v) is 6.31. The van der Waals surface area contributed by atoms with Gasteiger partial charge in [-0.15, -0.1) is 0 Å². The minimum Gasteiger partial charge on any atom is -0.496 e. The van der Waals surface area contributed by atoms with Crippen LogP contribution in [0.5, 0.6) is 23.3 Å². The van der Waals surface area contributed by atoms with Gasteiger partial charge in [-0.25, -0.2) is 24.3 Å². The molecule has 1 aliphatic rings. The van der Waals surface area contributed by atoms with Gasteiger partial charge in [0.05, 0.1) is 38.8 Å². The maximum atomic E-state index is 15.2. The second-order valence-corrected chi connectivity index (χ2v) is 8.98. The number of nitrogens with zero attached hydrogens (tertiary/aromatic N) is 6. The Labute approximate surface area is 226 Å². The molecule has 0 aliphatic heterocycles. The van der Waals surface area contributed by atoms with Gasteiger partial charge in [0.25, 0.3) is 5.88 Å². The van der Waals surface area contributed by atoms with Crippen LogP contribution < -0.4 is 18.9 Å². The minimum absolute atomic E-state index is 0.0608. The molecule has 0 N–H and O–H groups in total. The highest BCUT2D eigenvalue weighted by molar-refractivity contribution is 5.66. The summed E-state index contributed by atoms with van der Waals surface area (Å²) in [6.45, 7) is -0.209. The van der Waals surface area contributed by atoms with Crippen molar-refractivity contribution in [1.82, 2.24) is 29.5 Å². The Morgan fingerprint density at radius 1 is 0.950 bits per heavy atom. The van der Waals surface area contributed by atoms with E-state index >= 15 is 4.39 Å². The highest BCUT2D eigenvalue weighted by Crippen LogP contribution is 2.45. The topological polar surface area (TPSA) is 106 Å². The van der Waals surface area contributed by atoms with E-state index in [0.29, 0.717) is 11.4 Å². The molecule has 3 aromatic heterocycles. The molecule has 14 heteroatoms. The van der Waals surface area contributed by atoms with Crippen LogP contribution in [0.3, 0.4) is 0 Å². The first-order valence-electron chi connectivity index (χ1n) is 12.0. The first kappa shape index (κ1) is 27.1. The molecule has 1 fully saturated rings. The van der Waals surface area contributed by atoms with Gasteiger partial charge in [-0.3, -0.25) is 0 Å². The second kappa shape index (κ2) is 10.6. The number of rotatable bonds is 9. The summed E-state index contributed by atoms with van der Waals surface area (Å²) in [7, 11) is 5.61. The van der Waals surface area contributed by atoms with E-state index in [2.05, 4.69) is 24.9 Å². The molecule has 0 spiro atoms. The SMILES string of the molecule is COc1cc(-c2nc(C(F)(F)F)cn2C)c(F)cc1COc1nc(-c2c(OC)ncnc2C2CC2)ncc1OC. The quantitative estimate of drug-likeness (QED) is 0.262. The van der Waals surface area contributed by atoms with Gasteiger partial charge < -0.3 is 23.5 Å². The van der Waals surface area contributed by atoms with Crippen LogP contribution in [-0.2, 0) is 19.8 Å². The summed E-state index contributed by atoms with van der Waals surface area (Å²) in [5.74, 6) is 0.269. The molecule has 5 rings (SSSR count).